The van der Waals surface area contributed by atoms with Gasteiger partial charge in [0, 0.05) is 24.0 Å². The van der Waals surface area contributed by atoms with Crippen LogP contribution in [-0.2, 0) is 11.2 Å². The van der Waals surface area contributed by atoms with Crippen LogP contribution in [0.4, 0.5) is 5.69 Å². The molecule has 1 N–H and O–H groups in total. The average Bonchev–Trinajstić information content (AvgIpc) is 3.05. The topological polar surface area (TPSA) is 70.5 Å². The molecule has 1 aliphatic heterocycles. The SMILES string of the molecule is O=C(O)CCC1Cc2ccccc2N(C(=O)c2cscn2)C1. The molecule has 3 rings (SSSR count). The smallest absolute Gasteiger partial charge is 0.303 e. The highest BCUT2D eigenvalue weighted by molar-refractivity contribution is 7.07. The van der Waals surface area contributed by atoms with Gasteiger partial charge in [-0.3, -0.25) is 9.59 Å². The van der Waals surface area contributed by atoms with Gasteiger partial charge in [-0.2, -0.15) is 0 Å². The Morgan fingerprint density at radius 2 is 2.18 bits per heavy atom. The first-order valence-corrected chi connectivity index (χ1v) is 8.09. The number of fused-ring (bicyclic) bond motifs is 1. The molecule has 1 aromatic carbocycles. The summed E-state index contributed by atoms with van der Waals surface area (Å²) in [5.41, 5.74) is 4.09. The monoisotopic (exact) mass is 316 g/mol. The molecule has 114 valence electrons. The first kappa shape index (κ1) is 14.7. The van der Waals surface area contributed by atoms with Crippen LogP contribution in [0, 0.1) is 5.92 Å². The second-order valence-electron chi connectivity index (χ2n) is 5.42. The van der Waals surface area contributed by atoms with E-state index in [-0.39, 0.29) is 18.2 Å². The maximum atomic E-state index is 12.7. The lowest BCUT2D eigenvalue weighted by atomic mass is 9.89. The summed E-state index contributed by atoms with van der Waals surface area (Å²) in [7, 11) is 0. The first-order valence-electron chi connectivity index (χ1n) is 7.15. The number of anilines is 1. The molecule has 1 aromatic heterocycles. The molecular formula is C16H16N2O3S. The van der Waals surface area contributed by atoms with Gasteiger partial charge >= 0.3 is 5.97 Å². The Bertz CT molecular complexity index is 684. The van der Waals surface area contributed by atoms with Gasteiger partial charge in [0.05, 0.1) is 5.51 Å². The Labute approximate surface area is 132 Å². The summed E-state index contributed by atoms with van der Waals surface area (Å²) < 4.78 is 0. The summed E-state index contributed by atoms with van der Waals surface area (Å²) >= 11 is 1.39. The number of thiazole rings is 1. The number of aromatic nitrogens is 1. The van der Waals surface area contributed by atoms with Gasteiger partial charge in [-0.25, -0.2) is 4.98 Å². The molecule has 0 bridgehead atoms. The summed E-state index contributed by atoms with van der Waals surface area (Å²) in [5, 5.41) is 10.6. The molecule has 0 saturated carbocycles. The lowest BCUT2D eigenvalue weighted by Crippen LogP contribution is -2.40. The average molecular weight is 316 g/mol. The van der Waals surface area contributed by atoms with Crippen LogP contribution in [0.25, 0.3) is 0 Å². The van der Waals surface area contributed by atoms with Gasteiger partial charge in [0.25, 0.3) is 5.91 Å². The summed E-state index contributed by atoms with van der Waals surface area (Å²) in [6.07, 6.45) is 1.51. The highest BCUT2D eigenvalue weighted by Crippen LogP contribution is 2.32. The Kier molecular flexibility index (Phi) is 4.20. The number of para-hydroxylation sites is 1. The Balaban J connectivity index is 1.87. The summed E-state index contributed by atoms with van der Waals surface area (Å²) in [6, 6.07) is 7.80. The van der Waals surface area contributed by atoms with Crippen molar-refractivity contribution >= 4 is 28.9 Å². The van der Waals surface area contributed by atoms with Crippen LogP contribution in [0.1, 0.15) is 28.9 Å². The van der Waals surface area contributed by atoms with Gasteiger partial charge in [-0.1, -0.05) is 18.2 Å². The molecule has 22 heavy (non-hydrogen) atoms. The van der Waals surface area contributed by atoms with E-state index in [9.17, 15) is 9.59 Å². The van der Waals surface area contributed by atoms with Gasteiger partial charge in [0.15, 0.2) is 0 Å². The standard InChI is InChI=1S/C16H16N2O3S/c19-15(20)6-5-11-7-12-3-1-2-4-14(12)18(8-11)16(21)13-9-22-10-17-13/h1-4,9-11H,5-8H2,(H,19,20). The fourth-order valence-electron chi connectivity index (χ4n) is 2.85. The maximum Gasteiger partial charge on any atom is 0.303 e. The Morgan fingerprint density at radius 3 is 2.91 bits per heavy atom. The molecule has 0 fully saturated rings. The minimum atomic E-state index is -0.795. The number of hydrogen-bond acceptors (Lipinski definition) is 4. The molecule has 2 aromatic rings. The predicted octanol–water partition coefficient (Wildman–Crippen LogP) is 2.83. The number of nitrogens with zero attached hydrogens (tertiary/aromatic N) is 2. The largest absolute Gasteiger partial charge is 0.481 e. The molecule has 0 radical (unpaired) electrons. The Hall–Kier alpha value is -2.21. The second kappa shape index (κ2) is 6.27. The number of aliphatic carboxylic acids is 1. The van der Waals surface area contributed by atoms with Crippen molar-refractivity contribution in [3.8, 4) is 0 Å². The van der Waals surface area contributed by atoms with Crippen molar-refractivity contribution in [2.45, 2.75) is 19.3 Å². The van der Waals surface area contributed by atoms with Crippen molar-refractivity contribution in [2.75, 3.05) is 11.4 Å². The molecule has 1 atom stereocenters. The molecule has 5 nitrogen and oxygen atoms in total. The van der Waals surface area contributed by atoms with E-state index < -0.39 is 5.97 Å². The van der Waals surface area contributed by atoms with Crippen LogP contribution in [0.15, 0.2) is 35.2 Å². The van der Waals surface area contributed by atoms with E-state index in [4.69, 9.17) is 5.11 Å². The van der Waals surface area contributed by atoms with Crippen LogP contribution in [0.5, 0.6) is 0 Å². The van der Waals surface area contributed by atoms with Gasteiger partial charge in [-0.15, -0.1) is 11.3 Å². The fraction of sp³-hybridized carbons (Fsp3) is 0.312. The van der Waals surface area contributed by atoms with Crippen molar-refractivity contribution < 1.29 is 14.7 Å². The van der Waals surface area contributed by atoms with Crippen LogP contribution in [0.3, 0.4) is 0 Å². The number of rotatable bonds is 4. The summed E-state index contributed by atoms with van der Waals surface area (Å²) in [4.78, 5) is 29.3. The van der Waals surface area contributed by atoms with E-state index >= 15 is 0 Å². The molecule has 0 saturated heterocycles. The van der Waals surface area contributed by atoms with E-state index in [2.05, 4.69) is 4.98 Å². The minimum Gasteiger partial charge on any atom is -0.481 e. The fourth-order valence-corrected chi connectivity index (χ4v) is 3.37. The van der Waals surface area contributed by atoms with Crippen LogP contribution >= 0.6 is 11.3 Å². The molecule has 1 amide bonds. The molecule has 1 unspecified atom stereocenters. The lowest BCUT2D eigenvalue weighted by molar-refractivity contribution is -0.137. The van der Waals surface area contributed by atoms with Gasteiger partial charge in [-0.05, 0) is 30.4 Å². The van der Waals surface area contributed by atoms with Gasteiger partial charge < -0.3 is 10.0 Å². The van der Waals surface area contributed by atoms with E-state index in [0.29, 0.717) is 18.7 Å². The molecule has 1 aliphatic rings. The third-order valence-electron chi connectivity index (χ3n) is 3.89. The number of carbonyl (C=O) groups excluding carboxylic acids is 1. The normalized spacial score (nSPS) is 17.1. The number of benzene rings is 1. The van der Waals surface area contributed by atoms with Gasteiger partial charge in [0.2, 0.25) is 0 Å². The van der Waals surface area contributed by atoms with Crippen molar-refractivity contribution in [2.24, 2.45) is 5.92 Å². The van der Waals surface area contributed by atoms with Crippen LogP contribution in [-0.4, -0.2) is 28.5 Å². The molecule has 2 heterocycles. The summed E-state index contributed by atoms with van der Waals surface area (Å²) in [5.74, 6) is -0.751. The maximum absolute atomic E-state index is 12.7. The highest BCUT2D eigenvalue weighted by Gasteiger charge is 2.29. The van der Waals surface area contributed by atoms with Crippen LogP contribution < -0.4 is 4.90 Å². The number of carbonyl (C=O) groups is 2. The lowest BCUT2D eigenvalue weighted by Gasteiger charge is -2.34. The third-order valence-corrected chi connectivity index (χ3v) is 4.48. The number of carboxylic acids is 1. The predicted molar refractivity (Wildman–Crippen MR) is 84.3 cm³/mol. The van der Waals surface area contributed by atoms with E-state index in [1.54, 1.807) is 15.8 Å². The first-order chi connectivity index (χ1) is 10.6. The molecule has 6 heteroatoms. The second-order valence-corrected chi connectivity index (χ2v) is 6.14. The number of carboxylic acid groups (broad SMARTS) is 1. The number of hydrogen-bond donors (Lipinski definition) is 1. The number of amides is 1. The van der Waals surface area contributed by atoms with E-state index in [1.807, 2.05) is 24.3 Å². The third kappa shape index (κ3) is 3.01. The molecular weight excluding hydrogens is 300 g/mol. The van der Waals surface area contributed by atoms with Gasteiger partial charge in [0.1, 0.15) is 5.69 Å². The van der Waals surface area contributed by atoms with Crippen molar-refractivity contribution in [1.82, 2.24) is 4.98 Å². The van der Waals surface area contributed by atoms with Crippen molar-refractivity contribution in [1.29, 1.82) is 0 Å². The van der Waals surface area contributed by atoms with E-state index in [1.165, 1.54) is 11.3 Å². The summed E-state index contributed by atoms with van der Waals surface area (Å²) in [6.45, 7) is 0.542. The van der Waals surface area contributed by atoms with Crippen molar-refractivity contribution in [3.63, 3.8) is 0 Å². The quantitative estimate of drug-likeness (QED) is 0.941. The minimum absolute atomic E-state index is 0.117. The van der Waals surface area contributed by atoms with E-state index in [0.717, 1.165) is 17.7 Å². The molecule has 0 aliphatic carbocycles. The highest BCUT2D eigenvalue weighted by atomic mass is 32.1. The molecule has 0 spiro atoms. The Morgan fingerprint density at radius 1 is 1.36 bits per heavy atom. The van der Waals surface area contributed by atoms with Crippen molar-refractivity contribution in [3.05, 3.63) is 46.4 Å². The zero-order chi connectivity index (χ0) is 15.5. The van der Waals surface area contributed by atoms with Crippen LogP contribution in [0.2, 0.25) is 0 Å². The zero-order valence-corrected chi connectivity index (χ0v) is 12.8. The zero-order valence-electron chi connectivity index (χ0n) is 11.9.